The molecule has 0 aliphatic heterocycles. The minimum atomic E-state index is 0.572. The van der Waals surface area contributed by atoms with E-state index in [1.807, 2.05) is 12.1 Å². The molecule has 3 aromatic rings. The molecule has 0 atom stereocenters. The van der Waals surface area contributed by atoms with E-state index < -0.39 is 0 Å². The van der Waals surface area contributed by atoms with Gasteiger partial charge in [0.05, 0.1) is 6.54 Å². The lowest BCUT2D eigenvalue weighted by Crippen LogP contribution is -2.38. The summed E-state index contributed by atoms with van der Waals surface area (Å²) in [6.45, 7) is 3.74. The zero-order valence-corrected chi connectivity index (χ0v) is 15.7. The number of aryl methyl sites for hydroxylation is 2. The number of benzene rings is 2. The Balaban J connectivity index is 1.51. The predicted molar refractivity (Wildman–Crippen MR) is 105 cm³/mol. The topological polar surface area (TPSA) is 28.9 Å². The summed E-state index contributed by atoms with van der Waals surface area (Å²) in [5.74, 6) is 2.96. The lowest BCUT2D eigenvalue weighted by molar-refractivity contribution is -0.681. The number of fused-ring (bicyclic) bond motifs is 1. The summed E-state index contributed by atoms with van der Waals surface area (Å²) < 4.78 is 8.49. The number of aromatic amines is 1. The third-order valence-electron chi connectivity index (χ3n) is 5.68. The molecule has 4 rings (SSSR count). The van der Waals surface area contributed by atoms with Gasteiger partial charge in [0, 0.05) is 0 Å². The van der Waals surface area contributed by atoms with Crippen LogP contribution < -0.4 is 9.30 Å². The van der Waals surface area contributed by atoms with Crippen molar-refractivity contribution in [2.24, 2.45) is 5.92 Å². The van der Waals surface area contributed by atoms with E-state index in [0.717, 1.165) is 24.0 Å². The molecule has 3 nitrogen and oxygen atoms in total. The first-order chi connectivity index (χ1) is 12.8. The fourth-order valence-electron chi connectivity index (χ4n) is 4.13. The molecule has 26 heavy (non-hydrogen) atoms. The second kappa shape index (κ2) is 7.94. The Labute approximate surface area is 156 Å². The van der Waals surface area contributed by atoms with Gasteiger partial charge in [-0.05, 0) is 43.5 Å². The molecule has 2 aromatic carbocycles. The van der Waals surface area contributed by atoms with Crippen LogP contribution in [0.3, 0.4) is 0 Å². The van der Waals surface area contributed by atoms with Gasteiger partial charge >= 0.3 is 0 Å². The number of ether oxygens (including phenoxy) is 1. The highest BCUT2D eigenvalue weighted by Crippen LogP contribution is 2.26. The Hall–Kier alpha value is -2.29. The van der Waals surface area contributed by atoms with E-state index in [1.54, 1.807) is 0 Å². The molecule has 0 amide bonds. The van der Waals surface area contributed by atoms with Crippen LogP contribution >= 0.6 is 0 Å². The Bertz CT molecular complexity index is 844. The van der Waals surface area contributed by atoms with Crippen molar-refractivity contribution in [3.05, 3.63) is 59.9 Å². The van der Waals surface area contributed by atoms with E-state index in [-0.39, 0.29) is 0 Å². The molecule has 1 saturated carbocycles. The first kappa shape index (κ1) is 17.1. The van der Waals surface area contributed by atoms with Crippen LogP contribution in [0.4, 0.5) is 0 Å². The van der Waals surface area contributed by atoms with Crippen LogP contribution in [0.25, 0.3) is 11.0 Å². The van der Waals surface area contributed by atoms with E-state index in [0.29, 0.717) is 6.61 Å². The van der Waals surface area contributed by atoms with E-state index in [4.69, 9.17) is 4.74 Å². The van der Waals surface area contributed by atoms with Crippen molar-refractivity contribution < 1.29 is 9.30 Å². The average Bonchev–Trinajstić information content (AvgIpc) is 3.04. The molecule has 1 aromatic heterocycles. The highest BCUT2D eigenvalue weighted by molar-refractivity contribution is 5.70. The maximum absolute atomic E-state index is 6.06. The summed E-state index contributed by atoms with van der Waals surface area (Å²) in [5, 5.41) is 0. The lowest BCUT2D eigenvalue weighted by Gasteiger charge is -2.20. The van der Waals surface area contributed by atoms with Gasteiger partial charge < -0.3 is 4.74 Å². The van der Waals surface area contributed by atoms with Gasteiger partial charge in [0.15, 0.2) is 17.6 Å². The van der Waals surface area contributed by atoms with Crippen molar-refractivity contribution in [3.8, 4) is 5.75 Å². The van der Waals surface area contributed by atoms with Crippen molar-refractivity contribution in [1.29, 1.82) is 0 Å². The fraction of sp³-hybridized carbons (Fsp3) is 0.435. The van der Waals surface area contributed by atoms with Crippen molar-refractivity contribution in [1.82, 2.24) is 4.98 Å². The smallest absolute Gasteiger partial charge is 0.293 e. The van der Waals surface area contributed by atoms with Gasteiger partial charge in [-0.15, -0.1) is 0 Å². The van der Waals surface area contributed by atoms with Crippen LogP contribution in [0.5, 0.6) is 5.75 Å². The number of nitrogens with one attached hydrogen (secondary N) is 1. The maximum atomic E-state index is 6.06. The number of aromatic nitrogens is 2. The molecule has 0 spiro atoms. The molecule has 1 heterocycles. The summed E-state index contributed by atoms with van der Waals surface area (Å²) in [6.07, 6.45) is 8.31. The van der Waals surface area contributed by atoms with Crippen LogP contribution in [0.2, 0.25) is 0 Å². The fourth-order valence-corrected chi connectivity index (χ4v) is 4.13. The number of rotatable bonds is 6. The van der Waals surface area contributed by atoms with Crippen LogP contribution in [-0.2, 0) is 13.2 Å². The Kier molecular flexibility index (Phi) is 5.24. The molecule has 0 saturated heterocycles. The quantitative estimate of drug-likeness (QED) is 0.600. The second-order valence-corrected chi connectivity index (χ2v) is 7.63. The summed E-state index contributed by atoms with van der Waals surface area (Å²) in [6, 6.07) is 16.9. The van der Waals surface area contributed by atoms with Gasteiger partial charge in [0.2, 0.25) is 0 Å². The van der Waals surface area contributed by atoms with E-state index in [9.17, 15) is 0 Å². The minimum absolute atomic E-state index is 0.572. The van der Waals surface area contributed by atoms with Crippen LogP contribution in [0.1, 0.15) is 49.9 Å². The van der Waals surface area contributed by atoms with E-state index >= 15 is 0 Å². The number of hydrogen-bond acceptors (Lipinski definition) is 1. The monoisotopic (exact) mass is 349 g/mol. The van der Waals surface area contributed by atoms with E-state index in [1.165, 1.54) is 55.1 Å². The molecule has 1 N–H and O–H groups in total. The molecule has 3 heteroatoms. The standard InChI is InChI=1S/C23H28N2O/c1-18-11-13-20(14-12-18)26-17-23-24-21-9-5-6-10-22(21)25(23)16-15-19-7-3-2-4-8-19/h5-6,9-14,19H,2-4,7-8,15-17H2,1H3/p+1. The van der Waals surface area contributed by atoms with Crippen LogP contribution in [-0.4, -0.2) is 4.98 Å². The maximum Gasteiger partial charge on any atom is 0.293 e. The van der Waals surface area contributed by atoms with Gasteiger partial charge in [-0.2, -0.15) is 0 Å². The zero-order chi connectivity index (χ0) is 17.8. The van der Waals surface area contributed by atoms with E-state index in [2.05, 4.69) is 52.9 Å². The number of imidazole rings is 1. The Morgan fingerprint density at radius 2 is 1.77 bits per heavy atom. The van der Waals surface area contributed by atoms with Gasteiger partial charge in [0.25, 0.3) is 5.82 Å². The molecular weight excluding hydrogens is 320 g/mol. The molecule has 0 radical (unpaired) electrons. The molecule has 1 aliphatic rings. The minimum Gasteiger partial charge on any atom is -0.481 e. The summed E-state index contributed by atoms with van der Waals surface area (Å²) in [5.41, 5.74) is 3.73. The number of nitrogens with zero attached hydrogens (tertiary/aromatic N) is 1. The zero-order valence-electron chi connectivity index (χ0n) is 15.7. The largest absolute Gasteiger partial charge is 0.481 e. The van der Waals surface area contributed by atoms with Gasteiger partial charge in [-0.1, -0.05) is 61.9 Å². The first-order valence-electron chi connectivity index (χ1n) is 9.98. The SMILES string of the molecule is Cc1ccc(OCc2[nH]c3ccccc3[n+]2CCC2CCCCC2)cc1. The first-order valence-corrected chi connectivity index (χ1v) is 9.98. The predicted octanol–water partition coefficient (Wildman–Crippen LogP) is 5.31. The molecule has 1 fully saturated rings. The van der Waals surface area contributed by atoms with Crippen molar-refractivity contribution in [3.63, 3.8) is 0 Å². The molecule has 1 aliphatic carbocycles. The lowest BCUT2D eigenvalue weighted by atomic mass is 9.87. The van der Waals surface area contributed by atoms with Crippen molar-refractivity contribution in [2.75, 3.05) is 0 Å². The van der Waals surface area contributed by atoms with Crippen molar-refractivity contribution in [2.45, 2.75) is 58.6 Å². The summed E-state index contributed by atoms with van der Waals surface area (Å²) >= 11 is 0. The van der Waals surface area contributed by atoms with Crippen LogP contribution in [0.15, 0.2) is 48.5 Å². The van der Waals surface area contributed by atoms with Crippen LogP contribution in [0, 0.1) is 12.8 Å². The highest BCUT2D eigenvalue weighted by Gasteiger charge is 2.21. The third-order valence-corrected chi connectivity index (χ3v) is 5.68. The van der Waals surface area contributed by atoms with Gasteiger partial charge in [-0.3, -0.25) is 0 Å². The summed E-state index contributed by atoms with van der Waals surface area (Å²) in [4.78, 5) is 3.57. The van der Waals surface area contributed by atoms with Gasteiger partial charge in [-0.25, -0.2) is 9.55 Å². The molecule has 0 unspecified atom stereocenters. The average molecular weight is 349 g/mol. The highest BCUT2D eigenvalue weighted by atomic mass is 16.5. The summed E-state index contributed by atoms with van der Waals surface area (Å²) in [7, 11) is 0. The second-order valence-electron chi connectivity index (χ2n) is 7.63. The third kappa shape index (κ3) is 3.92. The van der Waals surface area contributed by atoms with Crippen molar-refractivity contribution >= 4 is 11.0 Å². The van der Waals surface area contributed by atoms with Gasteiger partial charge in [0.1, 0.15) is 5.75 Å². The number of H-pyrrole nitrogens is 1. The molecule has 0 bridgehead atoms. The Morgan fingerprint density at radius 3 is 2.58 bits per heavy atom. The Morgan fingerprint density at radius 1 is 1.00 bits per heavy atom. The number of hydrogen-bond donors (Lipinski definition) is 1. The number of para-hydroxylation sites is 2. The normalized spacial score (nSPS) is 15.4. The molecule has 136 valence electrons. The molecular formula is C23H29N2O+.